The summed E-state index contributed by atoms with van der Waals surface area (Å²) in [5.74, 6) is 2.52. The Labute approximate surface area is 56.0 Å². The molecule has 0 nitrogen and oxygen atoms in total. The van der Waals surface area contributed by atoms with Gasteiger partial charge in [0.25, 0.3) is 0 Å². The number of terminal acetylenes is 1. The number of halogens is 1. The Bertz CT molecular complexity index is 42.7. The van der Waals surface area contributed by atoms with Crippen molar-refractivity contribution in [2.75, 3.05) is 5.88 Å². The summed E-state index contributed by atoms with van der Waals surface area (Å²) in [6.45, 7) is 0. The summed E-state index contributed by atoms with van der Waals surface area (Å²) in [5.41, 5.74) is 0. The Morgan fingerprint density at radius 2 is 2.20 bits per heavy atom. The van der Waals surface area contributed by atoms with Crippen LogP contribution in [-0.4, -0.2) is 28.9 Å². The topological polar surface area (TPSA) is 0 Å². The van der Waals surface area contributed by atoms with Gasteiger partial charge in [0, 0.05) is 0 Å². The van der Waals surface area contributed by atoms with Gasteiger partial charge in [-0.05, 0) is 0 Å². The molecular weight excluding hydrogens is 95.8 g/mol. The molecule has 0 amide bonds. The molecule has 0 aliphatic heterocycles. The Morgan fingerprint density at radius 1 is 2.00 bits per heavy atom. The van der Waals surface area contributed by atoms with Crippen molar-refractivity contribution in [3.05, 3.63) is 0 Å². The maximum atomic E-state index is 4.95. The first-order valence-electron chi connectivity index (χ1n) is 0.909. The van der Waals surface area contributed by atoms with E-state index in [9.17, 15) is 0 Å². The fourth-order valence-electron chi connectivity index (χ4n) is 0. The summed E-state index contributed by atoms with van der Waals surface area (Å²) in [6.07, 6.45) is 4.65. The van der Waals surface area contributed by atoms with Crippen LogP contribution in [0, 0.1) is 12.3 Å². The molecule has 0 spiro atoms. The molecular formula is C3H5ClMg. The smallest absolute Gasteiger partial charge is 1.00 e. The summed E-state index contributed by atoms with van der Waals surface area (Å²) in [6, 6.07) is 0. The molecule has 0 fully saturated rings. The molecule has 0 unspecified atom stereocenters. The molecule has 5 heavy (non-hydrogen) atoms. The van der Waals surface area contributed by atoms with E-state index in [1.165, 1.54) is 0 Å². The second-order valence-electron chi connectivity index (χ2n) is 0.338. The van der Waals surface area contributed by atoms with Crippen LogP contribution in [0.3, 0.4) is 0 Å². The van der Waals surface area contributed by atoms with Crippen molar-refractivity contribution in [2.45, 2.75) is 0 Å². The van der Waals surface area contributed by atoms with Crippen LogP contribution < -0.4 is 0 Å². The van der Waals surface area contributed by atoms with Gasteiger partial charge in [-0.2, -0.15) is 0 Å². The van der Waals surface area contributed by atoms with E-state index in [1.54, 1.807) is 0 Å². The van der Waals surface area contributed by atoms with Gasteiger partial charge in [0.2, 0.25) is 0 Å². The average Bonchev–Trinajstić information content (AvgIpc) is 1.37. The van der Waals surface area contributed by atoms with Crippen molar-refractivity contribution in [3.8, 4) is 12.3 Å². The third kappa shape index (κ3) is 12.1. The molecule has 0 aromatic carbocycles. The quantitative estimate of drug-likeness (QED) is 0.239. The molecule has 0 saturated heterocycles. The van der Waals surface area contributed by atoms with Gasteiger partial charge in [0.1, 0.15) is 0 Å². The second kappa shape index (κ2) is 8.82. The van der Waals surface area contributed by atoms with Crippen LogP contribution in [-0.2, 0) is 0 Å². The third-order valence-corrected chi connectivity index (χ3v) is 0.231. The molecule has 0 aromatic rings. The summed E-state index contributed by atoms with van der Waals surface area (Å²) >= 11 is 4.95. The first kappa shape index (κ1) is 9.15. The molecule has 0 heterocycles. The van der Waals surface area contributed by atoms with Crippen molar-refractivity contribution in [1.29, 1.82) is 0 Å². The van der Waals surface area contributed by atoms with E-state index < -0.39 is 0 Å². The number of alkyl halides is 1. The van der Waals surface area contributed by atoms with E-state index in [2.05, 4.69) is 12.3 Å². The number of hydrogen-bond acceptors (Lipinski definition) is 0. The molecule has 0 rings (SSSR count). The molecule has 0 radical (unpaired) electrons. The van der Waals surface area contributed by atoms with Crippen molar-refractivity contribution in [2.24, 2.45) is 0 Å². The Morgan fingerprint density at radius 3 is 2.20 bits per heavy atom. The van der Waals surface area contributed by atoms with Crippen LogP contribution in [0.1, 0.15) is 2.85 Å². The van der Waals surface area contributed by atoms with Gasteiger partial charge in [-0.25, -0.2) is 0 Å². The molecule has 0 atom stereocenters. The normalized spacial score (nSPS) is 4.00. The molecule has 0 saturated carbocycles. The number of rotatable bonds is 0. The van der Waals surface area contributed by atoms with Gasteiger partial charge in [0.15, 0.2) is 0 Å². The van der Waals surface area contributed by atoms with E-state index in [0.29, 0.717) is 5.88 Å². The van der Waals surface area contributed by atoms with Crippen molar-refractivity contribution >= 4 is 34.7 Å². The Hall–Kier alpha value is 0.616. The molecule has 26 valence electrons. The van der Waals surface area contributed by atoms with Gasteiger partial charge in [-0.3, -0.25) is 0 Å². The number of hydrogen-bond donors (Lipinski definition) is 0. The molecule has 0 aromatic heterocycles. The summed E-state index contributed by atoms with van der Waals surface area (Å²) in [7, 11) is 0. The molecule has 0 N–H and O–H groups in total. The van der Waals surface area contributed by atoms with Gasteiger partial charge >= 0.3 is 23.1 Å². The van der Waals surface area contributed by atoms with Crippen LogP contribution >= 0.6 is 11.6 Å². The zero-order valence-electron chi connectivity index (χ0n) is 4.87. The van der Waals surface area contributed by atoms with E-state index in [4.69, 9.17) is 11.6 Å². The van der Waals surface area contributed by atoms with Crippen LogP contribution in [0.5, 0.6) is 0 Å². The summed E-state index contributed by atoms with van der Waals surface area (Å²) in [4.78, 5) is 0. The zero-order valence-corrected chi connectivity index (χ0v) is 5.04. The molecule has 0 aliphatic rings. The second-order valence-corrected chi connectivity index (χ2v) is 0.605. The predicted molar refractivity (Wildman–Crippen MR) is 27.5 cm³/mol. The maximum Gasteiger partial charge on any atom is 2.00 e. The molecule has 0 bridgehead atoms. The van der Waals surface area contributed by atoms with Crippen LogP contribution in [0.15, 0.2) is 0 Å². The minimum absolute atomic E-state index is 0. The van der Waals surface area contributed by atoms with E-state index >= 15 is 0 Å². The Balaban J connectivity index is -0.0000000150. The summed E-state index contributed by atoms with van der Waals surface area (Å²) < 4.78 is 0. The largest absolute Gasteiger partial charge is 2.00 e. The first-order chi connectivity index (χ1) is 1.91. The van der Waals surface area contributed by atoms with Gasteiger partial charge < -0.3 is 2.85 Å². The Kier molecular flexibility index (Phi) is 16.1. The van der Waals surface area contributed by atoms with Gasteiger partial charge in [0.05, 0.1) is 5.88 Å². The predicted octanol–water partition coefficient (Wildman–Crippen LogP) is 0.703. The van der Waals surface area contributed by atoms with Gasteiger partial charge in [-0.15, -0.1) is 18.0 Å². The van der Waals surface area contributed by atoms with Crippen molar-refractivity contribution < 1.29 is 2.85 Å². The van der Waals surface area contributed by atoms with E-state index in [-0.39, 0.29) is 25.9 Å². The van der Waals surface area contributed by atoms with Crippen LogP contribution in [0.25, 0.3) is 0 Å². The SMILES string of the molecule is C#CCCl.[H-].[H-].[Mg+2]. The zero-order chi connectivity index (χ0) is 3.41. The fourth-order valence-corrected chi connectivity index (χ4v) is 0. The maximum absolute atomic E-state index is 4.95. The monoisotopic (exact) mass is 100.0 g/mol. The minimum atomic E-state index is 0. The van der Waals surface area contributed by atoms with Crippen molar-refractivity contribution in [1.82, 2.24) is 0 Å². The fraction of sp³-hybridized carbons (Fsp3) is 0.333. The standard InChI is InChI=1S/C3H3Cl.Mg.2H/c1-2-3-4;;;/h1H,3H2;;;/q;+2;2*-1. The van der Waals surface area contributed by atoms with Crippen molar-refractivity contribution in [3.63, 3.8) is 0 Å². The van der Waals surface area contributed by atoms with E-state index in [1.807, 2.05) is 0 Å². The van der Waals surface area contributed by atoms with Gasteiger partial charge in [-0.1, -0.05) is 5.92 Å². The average molecular weight is 101 g/mol. The summed E-state index contributed by atoms with van der Waals surface area (Å²) in [5, 5.41) is 0. The molecule has 2 heteroatoms. The van der Waals surface area contributed by atoms with Crippen LogP contribution in [0.2, 0.25) is 0 Å². The first-order valence-corrected chi connectivity index (χ1v) is 1.44. The molecule has 0 aliphatic carbocycles. The van der Waals surface area contributed by atoms with E-state index in [0.717, 1.165) is 0 Å². The third-order valence-electron chi connectivity index (χ3n) is 0.0772. The van der Waals surface area contributed by atoms with Crippen LogP contribution in [0.4, 0.5) is 0 Å². The minimum Gasteiger partial charge on any atom is -1.00 e.